The summed E-state index contributed by atoms with van der Waals surface area (Å²) >= 11 is 0. The Morgan fingerprint density at radius 2 is 1.36 bits per heavy atom. The number of hydrogen-bond acceptors (Lipinski definition) is 3. The molecule has 2 N–H and O–H groups in total. The molecule has 3 rings (SSSR count). The van der Waals surface area contributed by atoms with Gasteiger partial charge in [0.1, 0.15) is 0 Å². The van der Waals surface area contributed by atoms with E-state index in [1.165, 1.54) is 25.2 Å². The van der Waals surface area contributed by atoms with Gasteiger partial charge in [-0.25, -0.2) is 0 Å². The van der Waals surface area contributed by atoms with Crippen LogP contribution in [0.5, 0.6) is 0 Å². The zero-order chi connectivity index (χ0) is 17.5. The summed E-state index contributed by atoms with van der Waals surface area (Å²) < 4.78 is 0. The minimum Gasteiger partial charge on any atom is -0.309 e. The van der Waals surface area contributed by atoms with E-state index >= 15 is 0 Å². The van der Waals surface area contributed by atoms with E-state index in [-0.39, 0.29) is 7.92 Å². The molecule has 3 nitrogen and oxygen atoms in total. The van der Waals surface area contributed by atoms with Crippen molar-refractivity contribution >= 4 is 13.2 Å². The molecule has 1 aromatic heterocycles. The molecular formula is C21H30N3P. The largest absolute Gasteiger partial charge is 0.309 e. The Morgan fingerprint density at radius 3 is 1.92 bits per heavy atom. The third-order valence-corrected chi connectivity index (χ3v) is 7.65. The maximum Gasteiger partial charge on any atom is 0.0574 e. The molecule has 0 saturated carbocycles. The van der Waals surface area contributed by atoms with Crippen LogP contribution in [0.15, 0.2) is 48.5 Å². The van der Waals surface area contributed by atoms with Crippen molar-refractivity contribution in [1.82, 2.24) is 15.6 Å². The fourth-order valence-electron chi connectivity index (χ4n) is 3.35. The Kier molecular flexibility index (Phi) is 6.98. The molecule has 1 aliphatic rings. The zero-order valence-corrected chi connectivity index (χ0v) is 16.3. The monoisotopic (exact) mass is 355 g/mol. The van der Waals surface area contributed by atoms with E-state index in [9.17, 15) is 0 Å². The molecule has 2 bridgehead atoms. The van der Waals surface area contributed by atoms with Crippen molar-refractivity contribution in [3.05, 3.63) is 59.9 Å². The molecule has 2 aromatic rings. The second-order valence-corrected chi connectivity index (χ2v) is 9.36. The van der Waals surface area contributed by atoms with Gasteiger partial charge in [0.25, 0.3) is 0 Å². The summed E-state index contributed by atoms with van der Waals surface area (Å²) in [7, 11) is -0.0544. The van der Waals surface area contributed by atoms with Crippen molar-refractivity contribution in [1.29, 1.82) is 0 Å². The van der Waals surface area contributed by atoms with Crippen molar-refractivity contribution in [2.45, 2.75) is 38.8 Å². The highest BCUT2D eigenvalue weighted by Gasteiger charge is 2.14. The highest BCUT2D eigenvalue weighted by Crippen LogP contribution is 2.35. The van der Waals surface area contributed by atoms with Gasteiger partial charge in [0.2, 0.25) is 0 Å². The highest BCUT2D eigenvalue weighted by molar-refractivity contribution is 7.65. The number of aromatic nitrogens is 1. The smallest absolute Gasteiger partial charge is 0.0574 e. The van der Waals surface area contributed by atoms with Crippen LogP contribution in [0.1, 0.15) is 50.2 Å². The van der Waals surface area contributed by atoms with Gasteiger partial charge in [-0.05, 0) is 69.5 Å². The SMILES string of the molecule is CC1NCCCP(c2ccccc2)CCCNC(C)c2cccc1n2. The molecule has 0 saturated heterocycles. The molecule has 1 aromatic carbocycles. The molecule has 2 heterocycles. The van der Waals surface area contributed by atoms with Crippen molar-refractivity contribution in [3.8, 4) is 0 Å². The molecule has 0 radical (unpaired) electrons. The summed E-state index contributed by atoms with van der Waals surface area (Å²) in [5.41, 5.74) is 2.29. The molecule has 134 valence electrons. The van der Waals surface area contributed by atoms with Gasteiger partial charge in [0.05, 0.1) is 11.4 Å². The second-order valence-electron chi connectivity index (χ2n) is 6.87. The van der Waals surface area contributed by atoms with E-state index < -0.39 is 0 Å². The van der Waals surface area contributed by atoms with Crippen LogP contribution in [0.25, 0.3) is 0 Å². The van der Waals surface area contributed by atoms with Crippen LogP contribution in [0.2, 0.25) is 0 Å². The molecule has 0 aliphatic carbocycles. The maximum absolute atomic E-state index is 4.86. The average molecular weight is 355 g/mol. The van der Waals surface area contributed by atoms with E-state index in [1.807, 2.05) is 0 Å². The van der Waals surface area contributed by atoms with Gasteiger partial charge in [-0.3, -0.25) is 4.98 Å². The predicted molar refractivity (Wildman–Crippen MR) is 109 cm³/mol. The number of fused-ring (bicyclic) bond motifs is 2. The predicted octanol–water partition coefficient (Wildman–Crippen LogP) is 3.98. The minimum absolute atomic E-state index is 0.0544. The summed E-state index contributed by atoms with van der Waals surface area (Å²) in [5.74, 6) is 0. The minimum atomic E-state index is -0.0544. The van der Waals surface area contributed by atoms with E-state index in [0.29, 0.717) is 12.1 Å². The van der Waals surface area contributed by atoms with Gasteiger partial charge in [0, 0.05) is 12.1 Å². The molecule has 2 unspecified atom stereocenters. The van der Waals surface area contributed by atoms with Crippen LogP contribution in [0, 0.1) is 0 Å². The van der Waals surface area contributed by atoms with Crippen LogP contribution in [0.3, 0.4) is 0 Å². The Bertz CT molecular complexity index is 613. The second kappa shape index (κ2) is 9.43. The van der Waals surface area contributed by atoms with Gasteiger partial charge in [-0.15, -0.1) is 0 Å². The van der Waals surface area contributed by atoms with E-state index in [0.717, 1.165) is 24.5 Å². The van der Waals surface area contributed by atoms with E-state index in [4.69, 9.17) is 4.98 Å². The molecule has 0 fully saturated rings. The van der Waals surface area contributed by atoms with Gasteiger partial charge in [0.15, 0.2) is 0 Å². The molecule has 1 aliphatic heterocycles. The average Bonchev–Trinajstić information content (AvgIpc) is 2.66. The Balaban J connectivity index is 1.71. The third-order valence-electron chi connectivity index (χ3n) is 4.91. The quantitative estimate of drug-likeness (QED) is 0.760. The number of nitrogens with zero attached hydrogens (tertiary/aromatic N) is 1. The lowest BCUT2D eigenvalue weighted by Crippen LogP contribution is -2.25. The summed E-state index contributed by atoms with van der Waals surface area (Å²) in [6.07, 6.45) is 5.08. The van der Waals surface area contributed by atoms with Gasteiger partial charge >= 0.3 is 0 Å². The number of nitrogens with one attached hydrogen (secondary N) is 2. The first-order valence-electron chi connectivity index (χ1n) is 9.47. The lowest BCUT2D eigenvalue weighted by atomic mass is 10.1. The molecule has 0 amide bonds. The zero-order valence-electron chi connectivity index (χ0n) is 15.4. The number of benzene rings is 1. The lowest BCUT2D eigenvalue weighted by Gasteiger charge is -2.22. The Morgan fingerprint density at radius 1 is 0.800 bits per heavy atom. The first-order chi connectivity index (χ1) is 12.2. The van der Waals surface area contributed by atoms with Crippen LogP contribution < -0.4 is 15.9 Å². The fourth-order valence-corrected chi connectivity index (χ4v) is 5.76. The first-order valence-corrected chi connectivity index (χ1v) is 11.2. The van der Waals surface area contributed by atoms with Crippen molar-refractivity contribution < 1.29 is 0 Å². The lowest BCUT2D eigenvalue weighted by molar-refractivity contribution is 0.533. The topological polar surface area (TPSA) is 37.0 Å². The van der Waals surface area contributed by atoms with Crippen LogP contribution in [0.4, 0.5) is 0 Å². The normalized spacial score (nSPS) is 25.9. The molecular weight excluding hydrogens is 325 g/mol. The first kappa shape index (κ1) is 18.5. The Hall–Kier alpha value is -1.28. The van der Waals surface area contributed by atoms with Gasteiger partial charge in [-0.1, -0.05) is 44.3 Å². The van der Waals surface area contributed by atoms with Crippen molar-refractivity contribution in [3.63, 3.8) is 0 Å². The molecule has 4 heteroatoms. The van der Waals surface area contributed by atoms with E-state index in [1.54, 1.807) is 5.30 Å². The van der Waals surface area contributed by atoms with Crippen molar-refractivity contribution in [2.75, 3.05) is 25.4 Å². The summed E-state index contributed by atoms with van der Waals surface area (Å²) in [4.78, 5) is 4.86. The fraction of sp³-hybridized carbons (Fsp3) is 0.476. The summed E-state index contributed by atoms with van der Waals surface area (Å²) in [5, 5.41) is 8.87. The van der Waals surface area contributed by atoms with Crippen LogP contribution in [-0.4, -0.2) is 30.4 Å². The van der Waals surface area contributed by atoms with E-state index in [2.05, 4.69) is 73.0 Å². The number of hydrogen-bond donors (Lipinski definition) is 2. The molecule has 0 spiro atoms. The summed E-state index contributed by atoms with van der Waals surface area (Å²) in [6.45, 7) is 6.56. The highest BCUT2D eigenvalue weighted by atomic mass is 31.1. The number of rotatable bonds is 1. The molecule has 2 atom stereocenters. The van der Waals surface area contributed by atoms with Gasteiger partial charge < -0.3 is 10.6 Å². The standard InChI is InChI=1S/C21H30N3P/c1-17-20-11-6-12-21(24-20)18(2)23-14-8-16-25(15-7-13-22-17)19-9-4-3-5-10-19/h3-6,9-12,17-18,22-23H,7-8,13-16H2,1-2H3. The number of pyridine rings is 1. The third kappa shape index (κ3) is 5.34. The van der Waals surface area contributed by atoms with Crippen LogP contribution in [-0.2, 0) is 0 Å². The maximum atomic E-state index is 4.86. The Labute approximate surface area is 153 Å². The van der Waals surface area contributed by atoms with Crippen LogP contribution >= 0.6 is 7.92 Å². The van der Waals surface area contributed by atoms with Crippen molar-refractivity contribution in [2.24, 2.45) is 0 Å². The summed E-state index contributed by atoms with van der Waals surface area (Å²) in [6, 6.07) is 18.1. The molecule has 25 heavy (non-hydrogen) atoms. The van der Waals surface area contributed by atoms with Gasteiger partial charge in [-0.2, -0.15) is 0 Å².